The lowest BCUT2D eigenvalue weighted by Gasteiger charge is -2.23. The first kappa shape index (κ1) is 22.6. The zero-order chi connectivity index (χ0) is 15.0. The second-order valence-corrected chi connectivity index (χ2v) is 3.71. The van der Waals surface area contributed by atoms with Crippen molar-refractivity contribution >= 4 is 5.91 Å². The van der Waals surface area contributed by atoms with Crippen molar-refractivity contribution in [3.05, 3.63) is 0 Å². The topological polar surface area (TPSA) is 47.6 Å². The van der Waals surface area contributed by atoms with E-state index in [9.17, 15) is 4.79 Å². The summed E-state index contributed by atoms with van der Waals surface area (Å²) in [5, 5.41) is 2.75. The Labute approximate surface area is 113 Å². The normalized spacial score (nSPS) is 9.56. The molecule has 0 radical (unpaired) electrons. The molecule has 0 fully saturated rings. The summed E-state index contributed by atoms with van der Waals surface area (Å²) in [5.74, 6) is 0.000463. The Morgan fingerprint density at radius 2 is 1.67 bits per heavy atom. The minimum Gasteiger partial charge on any atom is -0.383 e. The van der Waals surface area contributed by atoms with Gasteiger partial charge in [0, 0.05) is 20.3 Å². The third kappa shape index (κ3) is 17.8. The molecule has 1 N–H and O–H groups in total. The van der Waals surface area contributed by atoms with Crippen LogP contribution in [0, 0.1) is 0 Å². The van der Waals surface area contributed by atoms with E-state index < -0.39 is 0 Å². The van der Waals surface area contributed by atoms with E-state index in [1.807, 2.05) is 48.5 Å². The molecule has 0 saturated heterocycles. The van der Waals surface area contributed by atoms with Crippen molar-refractivity contribution in [2.45, 2.75) is 60.5 Å². The molecule has 112 valence electrons. The first-order valence-electron chi connectivity index (χ1n) is 6.91. The smallest absolute Gasteiger partial charge is 0.222 e. The highest BCUT2D eigenvalue weighted by molar-refractivity contribution is 5.76. The van der Waals surface area contributed by atoms with Crippen LogP contribution in [0.5, 0.6) is 0 Å². The van der Waals surface area contributed by atoms with Gasteiger partial charge in [0.05, 0.1) is 18.6 Å². The standard InChI is InChI=1S/C10H21NO3.2C2H6/c1-5-14-10(2,3)8-9(12)11-6-7-13-4;2*1-2/h5-8H2,1-4H3,(H,11,12);2*1-2H3. The average Bonchev–Trinajstić information content (AvgIpc) is 2.33. The van der Waals surface area contributed by atoms with E-state index in [1.165, 1.54) is 0 Å². The molecule has 1 amide bonds. The SMILES string of the molecule is CC.CC.CCOC(C)(C)CC(=O)NCCOC. The number of rotatable bonds is 7. The van der Waals surface area contributed by atoms with Crippen molar-refractivity contribution in [1.29, 1.82) is 0 Å². The first-order chi connectivity index (χ1) is 8.52. The maximum atomic E-state index is 11.4. The number of amides is 1. The number of hydrogen-bond donors (Lipinski definition) is 1. The van der Waals surface area contributed by atoms with Gasteiger partial charge in [-0.15, -0.1) is 0 Å². The molecule has 0 unspecified atom stereocenters. The minimum atomic E-state index is -0.383. The molecule has 18 heavy (non-hydrogen) atoms. The molecule has 0 aliphatic heterocycles. The zero-order valence-electron chi connectivity index (χ0n) is 13.6. The van der Waals surface area contributed by atoms with Gasteiger partial charge >= 0.3 is 0 Å². The van der Waals surface area contributed by atoms with Crippen LogP contribution in [-0.4, -0.2) is 38.4 Å². The second-order valence-electron chi connectivity index (χ2n) is 3.71. The van der Waals surface area contributed by atoms with Crippen molar-refractivity contribution in [3.8, 4) is 0 Å². The quantitative estimate of drug-likeness (QED) is 0.718. The van der Waals surface area contributed by atoms with Crippen LogP contribution in [0.25, 0.3) is 0 Å². The zero-order valence-corrected chi connectivity index (χ0v) is 13.6. The van der Waals surface area contributed by atoms with Gasteiger partial charge in [-0.3, -0.25) is 4.79 Å². The summed E-state index contributed by atoms with van der Waals surface area (Å²) in [4.78, 5) is 11.4. The van der Waals surface area contributed by atoms with Gasteiger partial charge in [0.25, 0.3) is 0 Å². The van der Waals surface area contributed by atoms with Crippen LogP contribution >= 0.6 is 0 Å². The molecular formula is C14H33NO3. The molecule has 4 nitrogen and oxygen atoms in total. The van der Waals surface area contributed by atoms with Gasteiger partial charge in [-0.1, -0.05) is 27.7 Å². The molecule has 0 spiro atoms. The molecule has 0 aromatic carbocycles. The van der Waals surface area contributed by atoms with E-state index in [4.69, 9.17) is 9.47 Å². The Bertz CT molecular complexity index is 170. The van der Waals surface area contributed by atoms with E-state index in [-0.39, 0.29) is 11.5 Å². The monoisotopic (exact) mass is 263 g/mol. The molecule has 0 heterocycles. The highest BCUT2D eigenvalue weighted by Gasteiger charge is 2.21. The van der Waals surface area contributed by atoms with Crippen LogP contribution in [0.2, 0.25) is 0 Å². The second kappa shape index (κ2) is 16.4. The fourth-order valence-corrected chi connectivity index (χ4v) is 1.18. The number of carbonyl (C=O) groups is 1. The fraction of sp³-hybridized carbons (Fsp3) is 0.929. The van der Waals surface area contributed by atoms with Crippen molar-refractivity contribution in [1.82, 2.24) is 5.32 Å². The van der Waals surface area contributed by atoms with Gasteiger partial charge in [-0.25, -0.2) is 0 Å². The van der Waals surface area contributed by atoms with Crippen LogP contribution in [0.1, 0.15) is 54.9 Å². The summed E-state index contributed by atoms with van der Waals surface area (Å²) in [6.45, 7) is 15.5. The van der Waals surface area contributed by atoms with Gasteiger partial charge in [0.2, 0.25) is 5.91 Å². The molecule has 0 saturated carbocycles. The summed E-state index contributed by atoms with van der Waals surface area (Å²) < 4.78 is 10.2. The molecule has 0 aliphatic carbocycles. The lowest BCUT2D eigenvalue weighted by molar-refractivity contribution is -0.127. The van der Waals surface area contributed by atoms with Crippen LogP contribution in [0.3, 0.4) is 0 Å². The average molecular weight is 263 g/mol. The molecule has 4 heteroatoms. The van der Waals surface area contributed by atoms with Crippen molar-refractivity contribution in [2.75, 3.05) is 26.9 Å². The molecular weight excluding hydrogens is 230 g/mol. The number of carbonyl (C=O) groups excluding carboxylic acids is 1. The van der Waals surface area contributed by atoms with Crippen LogP contribution < -0.4 is 5.32 Å². The molecule has 0 aromatic heterocycles. The van der Waals surface area contributed by atoms with Gasteiger partial charge in [0.15, 0.2) is 0 Å². The molecule has 0 aliphatic rings. The van der Waals surface area contributed by atoms with Crippen molar-refractivity contribution < 1.29 is 14.3 Å². The van der Waals surface area contributed by atoms with Crippen LogP contribution in [0.4, 0.5) is 0 Å². The highest BCUT2D eigenvalue weighted by Crippen LogP contribution is 2.13. The number of hydrogen-bond acceptors (Lipinski definition) is 3. The third-order valence-corrected chi connectivity index (χ3v) is 1.75. The van der Waals surface area contributed by atoms with Crippen LogP contribution in [-0.2, 0) is 14.3 Å². The Balaban J connectivity index is -0.000000506. The Kier molecular flexibility index (Phi) is 20.5. The largest absolute Gasteiger partial charge is 0.383 e. The van der Waals surface area contributed by atoms with Gasteiger partial charge in [-0.2, -0.15) is 0 Å². The summed E-state index contributed by atoms with van der Waals surface area (Å²) >= 11 is 0. The number of ether oxygens (including phenoxy) is 2. The Morgan fingerprint density at radius 3 is 2.06 bits per heavy atom. The summed E-state index contributed by atoms with van der Waals surface area (Å²) in [6, 6.07) is 0. The predicted octanol–water partition coefficient (Wildman–Crippen LogP) is 3.01. The summed E-state index contributed by atoms with van der Waals surface area (Å²) in [5.41, 5.74) is -0.383. The van der Waals surface area contributed by atoms with E-state index >= 15 is 0 Å². The minimum absolute atomic E-state index is 0.000463. The maximum Gasteiger partial charge on any atom is 0.222 e. The van der Waals surface area contributed by atoms with E-state index in [2.05, 4.69) is 5.32 Å². The number of nitrogens with one attached hydrogen (secondary N) is 1. The van der Waals surface area contributed by atoms with E-state index in [0.29, 0.717) is 26.2 Å². The summed E-state index contributed by atoms with van der Waals surface area (Å²) in [7, 11) is 1.61. The fourth-order valence-electron chi connectivity index (χ4n) is 1.18. The maximum absolute atomic E-state index is 11.4. The summed E-state index contributed by atoms with van der Waals surface area (Å²) in [6.07, 6.45) is 0.380. The molecule has 0 bridgehead atoms. The van der Waals surface area contributed by atoms with E-state index in [1.54, 1.807) is 7.11 Å². The number of methoxy groups -OCH3 is 1. The Hall–Kier alpha value is -0.610. The lowest BCUT2D eigenvalue weighted by Crippen LogP contribution is -2.35. The lowest BCUT2D eigenvalue weighted by atomic mass is 10.0. The molecule has 0 atom stereocenters. The highest BCUT2D eigenvalue weighted by atomic mass is 16.5. The van der Waals surface area contributed by atoms with Crippen molar-refractivity contribution in [3.63, 3.8) is 0 Å². The van der Waals surface area contributed by atoms with Crippen molar-refractivity contribution in [2.24, 2.45) is 0 Å². The van der Waals surface area contributed by atoms with Gasteiger partial charge in [-0.05, 0) is 20.8 Å². The predicted molar refractivity (Wildman–Crippen MR) is 77.9 cm³/mol. The van der Waals surface area contributed by atoms with E-state index in [0.717, 1.165) is 0 Å². The van der Waals surface area contributed by atoms with Crippen LogP contribution in [0.15, 0.2) is 0 Å². The van der Waals surface area contributed by atoms with Gasteiger partial charge in [0.1, 0.15) is 0 Å². The van der Waals surface area contributed by atoms with Gasteiger partial charge < -0.3 is 14.8 Å². The third-order valence-electron chi connectivity index (χ3n) is 1.75. The first-order valence-corrected chi connectivity index (χ1v) is 6.91. The molecule has 0 aromatic rings. The molecule has 0 rings (SSSR count). The Morgan fingerprint density at radius 1 is 1.17 bits per heavy atom.